The van der Waals surface area contributed by atoms with Gasteiger partial charge in [0.15, 0.2) is 0 Å². The third-order valence-corrected chi connectivity index (χ3v) is 6.09. The van der Waals surface area contributed by atoms with E-state index in [1.807, 2.05) is 35.8 Å². The van der Waals surface area contributed by atoms with Crippen LogP contribution in [0.2, 0.25) is 0 Å². The Balaban J connectivity index is 1.66. The van der Waals surface area contributed by atoms with Crippen molar-refractivity contribution in [1.82, 2.24) is 19.5 Å². The zero-order chi connectivity index (χ0) is 23.8. The lowest BCUT2D eigenvalue weighted by Crippen LogP contribution is -2.26. The highest BCUT2D eigenvalue weighted by molar-refractivity contribution is 5.96. The van der Waals surface area contributed by atoms with E-state index < -0.39 is 0 Å². The molecule has 3 aromatic heterocycles. The summed E-state index contributed by atoms with van der Waals surface area (Å²) in [5.41, 5.74) is 2.87. The standard InChI is InChI=1S/C26H24N6O2/c1-15(30-25-22(27-3)14-29-16(2)31-25)23-11-17-6-5-7-21(18-10-20(34-4)13-28-12-18)24(17)26(33)32(23)19-8-9-19/h5-7,10-15,19H,8-9H2,1-2,4H3,(H,29,30,31)/t15-/m0/s1. The van der Waals surface area contributed by atoms with E-state index in [4.69, 9.17) is 11.3 Å². The van der Waals surface area contributed by atoms with Gasteiger partial charge in [0.05, 0.1) is 31.3 Å². The molecule has 0 aliphatic heterocycles. The van der Waals surface area contributed by atoms with Crippen LogP contribution in [0.3, 0.4) is 0 Å². The SMILES string of the molecule is [C-]#[N+]c1cnc(C)nc1N[C@@H](C)c1cc2cccc(-c3cncc(OC)c3)c2c(=O)n1C1CC1. The van der Waals surface area contributed by atoms with Crippen molar-refractivity contribution in [2.45, 2.75) is 38.8 Å². The van der Waals surface area contributed by atoms with Crippen molar-refractivity contribution in [3.8, 4) is 16.9 Å². The normalized spacial score (nSPS) is 13.9. The fourth-order valence-electron chi connectivity index (χ4n) is 4.29. The molecule has 1 aliphatic rings. The Morgan fingerprint density at radius 3 is 2.79 bits per heavy atom. The van der Waals surface area contributed by atoms with Crippen LogP contribution in [0.5, 0.6) is 5.75 Å². The first-order valence-electron chi connectivity index (χ1n) is 11.2. The predicted molar refractivity (Wildman–Crippen MR) is 131 cm³/mol. The van der Waals surface area contributed by atoms with Crippen molar-refractivity contribution in [3.05, 3.63) is 82.2 Å². The van der Waals surface area contributed by atoms with E-state index in [0.717, 1.165) is 35.0 Å². The Labute approximate surface area is 197 Å². The lowest BCUT2D eigenvalue weighted by molar-refractivity contribution is 0.413. The van der Waals surface area contributed by atoms with Gasteiger partial charge in [-0.2, -0.15) is 0 Å². The Kier molecular flexibility index (Phi) is 5.46. The lowest BCUT2D eigenvalue weighted by Gasteiger charge is -2.22. The Morgan fingerprint density at radius 2 is 2.06 bits per heavy atom. The van der Waals surface area contributed by atoms with Gasteiger partial charge in [0.1, 0.15) is 17.4 Å². The average Bonchev–Trinajstić information content (AvgIpc) is 3.69. The van der Waals surface area contributed by atoms with E-state index in [9.17, 15) is 4.79 Å². The Morgan fingerprint density at radius 1 is 1.24 bits per heavy atom. The summed E-state index contributed by atoms with van der Waals surface area (Å²) in [6, 6.07) is 9.74. The van der Waals surface area contributed by atoms with Crippen LogP contribution in [0, 0.1) is 13.5 Å². The summed E-state index contributed by atoms with van der Waals surface area (Å²) in [5, 5.41) is 4.87. The molecule has 4 aromatic rings. The van der Waals surface area contributed by atoms with E-state index in [-0.39, 0.29) is 17.6 Å². The summed E-state index contributed by atoms with van der Waals surface area (Å²) in [6.07, 6.45) is 6.85. The van der Waals surface area contributed by atoms with Gasteiger partial charge in [0, 0.05) is 29.7 Å². The number of rotatable bonds is 6. The number of benzene rings is 1. The molecule has 0 radical (unpaired) electrons. The van der Waals surface area contributed by atoms with E-state index in [2.05, 4.69) is 31.2 Å². The summed E-state index contributed by atoms with van der Waals surface area (Å²) in [5.74, 6) is 1.69. The second-order valence-electron chi connectivity index (χ2n) is 8.49. The zero-order valence-electron chi connectivity index (χ0n) is 19.2. The van der Waals surface area contributed by atoms with Crippen LogP contribution in [-0.4, -0.2) is 26.6 Å². The molecule has 1 fully saturated rings. The van der Waals surface area contributed by atoms with Gasteiger partial charge in [0.25, 0.3) is 5.56 Å². The number of methoxy groups -OCH3 is 1. The average molecular weight is 453 g/mol. The molecule has 0 saturated heterocycles. The number of nitrogens with zero attached hydrogens (tertiary/aromatic N) is 5. The number of aromatic nitrogens is 4. The van der Waals surface area contributed by atoms with Crippen LogP contribution in [0.15, 0.2) is 53.7 Å². The van der Waals surface area contributed by atoms with Crippen molar-refractivity contribution in [3.63, 3.8) is 0 Å². The van der Waals surface area contributed by atoms with Crippen LogP contribution in [0.25, 0.3) is 26.7 Å². The first-order valence-corrected chi connectivity index (χ1v) is 11.2. The van der Waals surface area contributed by atoms with Gasteiger partial charge in [-0.15, -0.1) is 0 Å². The summed E-state index contributed by atoms with van der Waals surface area (Å²) < 4.78 is 7.24. The van der Waals surface area contributed by atoms with Crippen LogP contribution in [0.1, 0.15) is 43.4 Å². The molecular formula is C26H24N6O2. The second kappa shape index (κ2) is 8.60. The number of nitrogens with one attached hydrogen (secondary N) is 1. The van der Waals surface area contributed by atoms with E-state index in [0.29, 0.717) is 28.5 Å². The summed E-state index contributed by atoms with van der Waals surface area (Å²) in [6.45, 7) is 11.2. The van der Waals surface area contributed by atoms with Crippen LogP contribution in [0.4, 0.5) is 11.5 Å². The number of hydrogen-bond donors (Lipinski definition) is 1. The van der Waals surface area contributed by atoms with Crippen molar-refractivity contribution >= 4 is 22.3 Å². The summed E-state index contributed by atoms with van der Waals surface area (Å²) in [7, 11) is 1.60. The smallest absolute Gasteiger partial charge is 0.259 e. The topological polar surface area (TPSA) is 86.3 Å². The Hall–Kier alpha value is -4.25. The van der Waals surface area contributed by atoms with Crippen LogP contribution >= 0.6 is 0 Å². The molecule has 0 spiro atoms. The fraction of sp³-hybridized carbons (Fsp3) is 0.269. The zero-order valence-corrected chi connectivity index (χ0v) is 19.2. The molecule has 5 rings (SSSR count). The van der Waals surface area contributed by atoms with E-state index in [1.54, 1.807) is 26.4 Å². The monoisotopic (exact) mass is 452 g/mol. The third-order valence-electron chi connectivity index (χ3n) is 6.09. The highest BCUT2D eigenvalue weighted by atomic mass is 16.5. The third kappa shape index (κ3) is 3.86. The lowest BCUT2D eigenvalue weighted by atomic mass is 9.99. The van der Waals surface area contributed by atoms with Crippen molar-refractivity contribution in [1.29, 1.82) is 0 Å². The summed E-state index contributed by atoms with van der Waals surface area (Å²) >= 11 is 0. The van der Waals surface area contributed by atoms with Gasteiger partial charge >= 0.3 is 0 Å². The van der Waals surface area contributed by atoms with Gasteiger partial charge in [-0.05, 0) is 49.8 Å². The molecule has 170 valence electrons. The summed E-state index contributed by atoms with van der Waals surface area (Å²) in [4.78, 5) is 30.3. The van der Waals surface area contributed by atoms with Crippen molar-refractivity contribution < 1.29 is 4.74 Å². The second-order valence-corrected chi connectivity index (χ2v) is 8.49. The molecular weight excluding hydrogens is 428 g/mol. The minimum atomic E-state index is -0.241. The molecule has 1 saturated carbocycles. The largest absolute Gasteiger partial charge is 0.495 e. The number of fused-ring (bicyclic) bond motifs is 1. The van der Waals surface area contributed by atoms with Crippen molar-refractivity contribution in [2.75, 3.05) is 12.4 Å². The maximum absolute atomic E-state index is 13.9. The van der Waals surface area contributed by atoms with Crippen LogP contribution in [-0.2, 0) is 0 Å². The van der Waals surface area contributed by atoms with E-state index in [1.165, 1.54) is 6.20 Å². The highest BCUT2D eigenvalue weighted by Crippen LogP contribution is 2.38. The van der Waals surface area contributed by atoms with Gasteiger partial charge in [-0.1, -0.05) is 18.2 Å². The van der Waals surface area contributed by atoms with E-state index >= 15 is 0 Å². The first-order chi connectivity index (χ1) is 16.5. The van der Waals surface area contributed by atoms with Gasteiger partial charge in [-0.25, -0.2) is 9.83 Å². The predicted octanol–water partition coefficient (Wildman–Crippen LogP) is 5.23. The minimum absolute atomic E-state index is 0.0219. The molecule has 1 atom stereocenters. The number of ether oxygens (including phenoxy) is 1. The van der Waals surface area contributed by atoms with Gasteiger partial charge < -0.3 is 14.6 Å². The molecule has 0 amide bonds. The molecule has 1 aliphatic carbocycles. The fourth-order valence-corrected chi connectivity index (χ4v) is 4.29. The number of anilines is 1. The molecule has 0 unspecified atom stereocenters. The molecule has 34 heavy (non-hydrogen) atoms. The minimum Gasteiger partial charge on any atom is -0.495 e. The maximum atomic E-state index is 13.9. The molecule has 3 heterocycles. The Bertz CT molecular complexity index is 1500. The molecule has 1 aromatic carbocycles. The number of pyridine rings is 2. The molecule has 8 heteroatoms. The highest BCUT2D eigenvalue weighted by Gasteiger charge is 2.30. The quantitative estimate of drug-likeness (QED) is 0.403. The van der Waals surface area contributed by atoms with Gasteiger partial charge in [-0.3, -0.25) is 14.8 Å². The van der Waals surface area contributed by atoms with Crippen molar-refractivity contribution in [2.24, 2.45) is 0 Å². The number of hydrogen-bond acceptors (Lipinski definition) is 6. The molecule has 0 bridgehead atoms. The van der Waals surface area contributed by atoms with Gasteiger partial charge in [0.2, 0.25) is 5.69 Å². The maximum Gasteiger partial charge on any atom is 0.259 e. The molecule has 1 N–H and O–H groups in total. The van der Waals surface area contributed by atoms with Crippen LogP contribution < -0.4 is 15.6 Å². The number of aryl methyl sites for hydroxylation is 1. The molecule has 8 nitrogen and oxygen atoms in total. The first kappa shape index (κ1) is 21.6.